The lowest BCUT2D eigenvalue weighted by Crippen LogP contribution is -2.50. The molecule has 3 amide bonds. The van der Waals surface area contributed by atoms with Crippen LogP contribution in [0.2, 0.25) is 0 Å². The number of benzene rings is 1. The number of hydrogen-bond acceptors (Lipinski definition) is 3. The normalized spacial score (nSPS) is 21.7. The Hall–Kier alpha value is -1.89. The van der Waals surface area contributed by atoms with Gasteiger partial charge in [-0.05, 0) is 18.2 Å². The van der Waals surface area contributed by atoms with E-state index in [0.29, 0.717) is 32.7 Å². The van der Waals surface area contributed by atoms with Crippen LogP contribution in [0.4, 0.5) is 5.69 Å². The maximum atomic E-state index is 12.6. The van der Waals surface area contributed by atoms with Crippen molar-refractivity contribution >= 4 is 39.8 Å². The molecule has 3 rings (SSSR count). The van der Waals surface area contributed by atoms with E-state index in [1.54, 1.807) is 14.7 Å². The van der Waals surface area contributed by atoms with E-state index in [4.69, 9.17) is 0 Å². The van der Waals surface area contributed by atoms with E-state index in [1.807, 2.05) is 24.3 Å². The van der Waals surface area contributed by atoms with Crippen LogP contribution in [0.3, 0.4) is 0 Å². The molecule has 1 atom stereocenters. The highest BCUT2D eigenvalue weighted by Crippen LogP contribution is 2.28. The number of hydrogen-bond donors (Lipinski definition) is 0. The molecule has 1 aromatic carbocycles. The van der Waals surface area contributed by atoms with Crippen LogP contribution in [0.15, 0.2) is 28.7 Å². The summed E-state index contributed by atoms with van der Waals surface area (Å²) in [5, 5.41) is 0. The fraction of sp³-hybridized carbons (Fsp3) is 0.438. The van der Waals surface area contributed by atoms with Gasteiger partial charge in [-0.25, -0.2) is 0 Å². The second-order valence-electron chi connectivity index (χ2n) is 5.85. The summed E-state index contributed by atoms with van der Waals surface area (Å²) in [5.74, 6) is -0.307. The first-order valence-electron chi connectivity index (χ1n) is 7.62. The Morgan fingerprint density at radius 3 is 2.61 bits per heavy atom. The van der Waals surface area contributed by atoms with E-state index in [-0.39, 0.29) is 24.2 Å². The third-order valence-corrected chi connectivity index (χ3v) is 4.86. The highest BCUT2D eigenvalue weighted by Gasteiger charge is 2.37. The molecule has 2 fully saturated rings. The Labute approximate surface area is 143 Å². The summed E-state index contributed by atoms with van der Waals surface area (Å²) in [6, 6.07) is 7.53. The van der Waals surface area contributed by atoms with E-state index in [0.717, 1.165) is 16.6 Å². The molecule has 122 valence electrons. The Bertz CT molecular complexity index is 629. The third-order valence-electron chi connectivity index (χ3n) is 4.37. The van der Waals surface area contributed by atoms with Crippen molar-refractivity contribution < 1.29 is 14.4 Å². The zero-order chi connectivity index (χ0) is 16.4. The summed E-state index contributed by atoms with van der Waals surface area (Å²) < 4.78 is 0.905. The Morgan fingerprint density at radius 1 is 1.22 bits per heavy atom. The van der Waals surface area contributed by atoms with Crippen LogP contribution in [0.25, 0.3) is 0 Å². The van der Waals surface area contributed by atoms with Gasteiger partial charge in [-0.15, -0.1) is 0 Å². The Morgan fingerprint density at radius 2 is 1.96 bits per heavy atom. The van der Waals surface area contributed by atoms with Crippen LogP contribution in [0.1, 0.15) is 6.42 Å². The zero-order valence-electron chi connectivity index (χ0n) is 12.7. The van der Waals surface area contributed by atoms with Crippen molar-refractivity contribution in [2.75, 3.05) is 37.6 Å². The number of carbonyl (C=O) groups is 3. The van der Waals surface area contributed by atoms with Gasteiger partial charge in [0.1, 0.15) is 0 Å². The average molecular weight is 380 g/mol. The van der Waals surface area contributed by atoms with E-state index >= 15 is 0 Å². The lowest BCUT2D eigenvalue weighted by molar-refractivity contribution is -0.139. The van der Waals surface area contributed by atoms with Gasteiger partial charge < -0.3 is 14.7 Å². The van der Waals surface area contributed by atoms with Crippen molar-refractivity contribution in [2.45, 2.75) is 6.42 Å². The predicted octanol–water partition coefficient (Wildman–Crippen LogP) is 1.10. The molecule has 1 unspecified atom stereocenters. The molecule has 0 spiro atoms. The lowest BCUT2D eigenvalue weighted by Gasteiger charge is -2.33. The summed E-state index contributed by atoms with van der Waals surface area (Å²) in [4.78, 5) is 40.7. The second kappa shape index (κ2) is 6.70. The maximum Gasteiger partial charge on any atom is 0.228 e. The maximum absolute atomic E-state index is 12.6. The lowest BCUT2D eigenvalue weighted by atomic mass is 10.1. The summed E-state index contributed by atoms with van der Waals surface area (Å²) in [5.41, 5.74) is 0.811. The quantitative estimate of drug-likeness (QED) is 0.738. The molecule has 0 bridgehead atoms. The van der Waals surface area contributed by atoms with Gasteiger partial charge in [0, 0.05) is 49.3 Å². The van der Waals surface area contributed by atoms with E-state index < -0.39 is 0 Å². The number of piperazine rings is 1. The summed E-state index contributed by atoms with van der Waals surface area (Å²) >= 11 is 3.40. The van der Waals surface area contributed by atoms with Crippen molar-refractivity contribution in [2.24, 2.45) is 5.92 Å². The number of halogens is 1. The average Bonchev–Trinajstić information content (AvgIpc) is 2.96. The molecule has 2 aliphatic rings. The van der Waals surface area contributed by atoms with E-state index in [9.17, 15) is 14.4 Å². The standard InChI is InChI=1S/C16H18BrN3O3/c17-13-2-1-3-14(9-13)20-10-12(8-15(20)22)16(23)19-6-4-18(11-21)5-7-19/h1-3,9,11-12H,4-8,10H2. The minimum atomic E-state index is -0.302. The van der Waals surface area contributed by atoms with Crippen LogP contribution in [-0.2, 0) is 14.4 Å². The largest absolute Gasteiger partial charge is 0.342 e. The van der Waals surface area contributed by atoms with Crippen LogP contribution < -0.4 is 4.90 Å². The van der Waals surface area contributed by atoms with Crippen LogP contribution in [0.5, 0.6) is 0 Å². The van der Waals surface area contributed by atoms with Gasteiger partial charge >= 0.3 is 0 Å². The highest BCUT2D eigenvalue weighted by molar-refractivity contribution is 9.10. The molecule has 2 saturated heterocycles. The van der Waals surface area contributed by atoms with Crippen molar-refractivity contribution in [1.29, 1.82) is 0 Å². The summed E-state index contributed by atoms with van der Waals surface area (Å²) in [7, 11) is 0. The van der Waals surface area contributed by atoms with Gasteiger partial charge in [-0.2, -0.15) is 0 Å². The number of anilines is 1. The van der Waals surface area contributed by atoms with Gasteiger partial charge in [-0.1, -0.05) is 22.0 Å². The Kier molecular flexibility index (Phi) is 4.66. The fourth-order valence-corrected chi connectivity index (χ4v) is 3.46. The second-order valence-corrected chi connectivity index (χ2v) is 6.77. The van der Waals surface area contributed by atoms with Gasteiger partial charge in [0.05, 0.1) is 5.92 Å². The van der Waals surface area contributed by atoms with Crippen molar-refractivity contribution in [3.8, 4) is 0 Å². The first kappa shape index (κ1) is 16.0. The predicted molar refractivity (Wildman–Crippen MR) is 88.8 cm³/mol. The molecule has 2 heterocycles. The van der Waals surface area contributed by atoms with E-state index in [2.05, 4.69) is 15.9 Å². The third kappa shape index (κ3) is 3.39. The molecule has 0 saturated carbocycles. The van der Waals surface area contributed by atoms with Gasteiger partial charge in [0.25, 0.3) is 0 Å². The first-order valence-corrected chi connectivity index (χ1v) is 8.42. The molecular weight excluding hydrogens is 362 g/mol. The molecule has 0 aromatic heterocycles. The monoisotopic (exact) mass is 379 g/mol. The highest BCUT2D eigenvalue weighted by atomic mass is 79.9. The molecule has 6 nitrogen and oxygen atoms in total. The molecule has 1 aromatic rings. The van der Waals surface area contributed by atoms with Gasteiger partial charge in [-0.3, -0.25) is 14.4 Å². The molecule has 0 N–H and O–H groups in total. The summed E-state index contributed by atoms with van der Waals surface area (Å²) in [6.45, 7) is 2.62. The number of amides is 3. The summed E-state index contributed by atoms with van der Waals surface area (Å²) in [6.07, 6.45) is 1.06. The minimum absolute atomic E-state index is 0.0152. The van der Waals surface area contributed by atoms with Gasteiger partial charge in [0.2, 0.25) is 18.2 Å². The Balaban J connectivity index is 1.65. The fourth-order valence-electron chi connectivity index (χ4n) is 3.07. The molecular formula is C16H18BrN3O3. The van der Waals surface area contributed by atoms with Crippen LogP contribution in [0, 0.1) is 5.92 Å². The minimum Gasteiger partial charge on any atom is -0.342 e. The SMILES string of the molecule is O=CN1CCN(C(=O)C2CC(=O)N(c3cccc(Br)c3)C2)CC1. The van der Waals surface area contributed by atoms with Crippen LogP contribution in [-0.4, -0.2) is 60.7 Å². The number of carbonyl (C=O) groups excluding carboxylic acids is 3. The molecule has 2 aliphatic heterocycles. The number of nitrogens with zero attached hydrogens (tertiary/aromatic N) is 3. The topological polar surface area (TPSA) is 60.9 Å². The number of rotatable bonds is 3. The van der Waals surface area contributed by atoms with Gasteiger partial charge in [0.15, 0.2) is 0 Å². The zero-order valence-corrected chi connectivity index (χ0v) is 14.2. The molecule has 23 heavy (non-hydrogen) atoms. The first-order chi connectivity index (χ1) is 11.1. The smallest absolute Gasteiger partial charge is 0.228 e. The van der Waals surface area contributed by atoms with Crippen LogP contribution >= 0.6 is 15.9 Å². The molecule has 7 heteroatoms. The molecule has 0 radical (unpaired) electrons. The molecule has 0 aliphatic carbocycles. The van der Waals surface area contributed by atoms with Crippen molar-refractivity contribution in [3.63, 3.8) is 0 Å². The van der Waals surface area contributed by atoms with Crippen molar-refractivity contribution in [3.05, 3.63) is 28.7 Å². The van der Waals surface area contributed by atoms with E-state index in [1.165, 1.54) is 0 Å². The van der Waals surface area contributed by atoms with Crippen molar-refractivity contribution in [1.82, 2.24) is 9.80 Å².